The van der Waals surface area contributed by atoms with Crippen LogP contribution in [0.1, 0.15) is 6.85 Å². The van der Waals surface area contributed by atoms with Crippen molar-refractivity contribution in [1.82, 2.24) is 0 Å². The highest BCUT2D eigenvalue weighted by Gasteiger charge is 2.22. The van der Waals surface area contributed by atoms with E-state index in [0.29, 0.717) is 22.7 Å². The van der Waals surface area contributed by atoms with Gasteiger partial charge in [-0.2, -0.15) is 0 Å². The molecule has 45 heavy (non-hydrogen) atoms. The van der Waals surface area contributed by atoms with Gasteiger partial charge in [0.1, 0.15) is 11.2 Å². The number of benzene rings is 8. The summed E-state index contributed by atoms with van der Waals surface area (Å²) in [4.78, 5) is 0. The van der Waals surface area contributed by atoms with Crippen molar-refractivity contribution in [1.29, 1.82) is 0 Å². The molecule has 0 unspecified atom stereocenters. The molecular formula is C44H28O. The van der Waals surface area contributed by atoms with E-state index >= 15 is 0 Å². The van der Waals surface area contributed by atoms with Crippen LogP contribution in [0.3, 0.4) is 0 Å². The summed E-state index contributed by atoms with van der Waals surface area (Å²) in [5.74, 6) is 0. The number of hydrogen-bond acceptors (Lipinski definition) is 1. The van der Waals surface area contributed by atoms with Crippen LogP contribution in [0, 0.1) is 0 Å². The van der Waals surface area contributed by atoms with Crippen LogP contribution in [0.5, 0.6) is 0 Å². The maximum Gasteiger partial charge on any atom is 0.143 e. The molecule has 0 fully saturated rings. The minimum absolute atomic E-state index is 0.102. The molecule has 9 aromatic rings. The Bertz CT molecular complexity index is 2740. The predicted molar refractivity (Wildman–Crippen MR) is 190 cm³/mol. The molecule has 8 aromatic carbocycles. The van der Waals surface area contributed by atoms with Gasteiger partial charge in [-0.3, -0.25) is 0 Å². The average molecular weight is 578 g/mol. The van der Waals surface area contributed by atoms with Crippen LogP contribution in [0.25, 0.3) is 88.0 Å². The molecule has 0 spiro atoms. The molecule has 0 atom stereocenters. The first-order valence-corrected chi connectivity index (χ1v) is 15.0. The second-order valence-electron chi connectivity index (χ2n) is 11.2. The van der Waals surface area contributed by atoms with Gasteiger partial charge in [-0.1, -0.05) is 158 Å². The highest BCUT2D eigenvalue weighted by Crippen LogP contribution is 2.49. The van der Waals surface area contributed by atoms with E-state index in [1.54, 1.807) is 24.3 Å². The quantitative estimate of drug-likeness (QED) is 0.190. The standard InChI is InChI=1S/C44H28O/c1-3-15-29(16-4-1)31-19-7-8-20-33(31)41-34-21-9-11-23-36(34)42(37-24-12-10-22-35(37)41)39-28-27-32(30-17-5-2-6-18-30)44-43(39)38-25-13-14-26-40(38)45-44/h1-28H/i1D,7D,8D,19D,20D. The summed E-state index contributed by atoms with van der Waals surface area (Å²) in [6.07, 6.45) is 0. The van der Waals surface area contributed by atoms with Gasteiger partial charge in [-0.25, -0.2) is 0 Å². The van der Waals surface area contributed by atoms with Crippen LogP contribution in [0.15, 0.2) is 174 Å². The van der Waals surface area contributed by atoms with Crippen LogP contribution in [-0.2, 0) is 0 Å². The molecule has 1 heterocycles. The predicted octanol–water partition coefficient (Wildman–Crippen LogP) is 12.6. The summed E-state index contributed by atoms with van der Waals surface area (Å²) >= 11 is 0. The maximum absolute atomic E-state index is 9.31. The van der Waals surface area contributed by atoms with E-state index in [1.807, 2.05) is 72.8 Å². The van der Waals surface area contributed by atoms with E-state index in [4.69, 9.17) is 9.90 Å². The Labute approximate surface area is 268 Å². The Kier molecular flexibility index (Phi) is 4.81. The minimum Gasteiger partial charge on any atom is -0.455 e. The second-order valence-corrected chi connectivity index (χ2v) is 11.2. The lowest BCUT2D eigenvalue weighted by Gasteiger charge is -2.20. The number of furan rings is 1. The number of para-hydroxylation sites is 1. The van der Waals surface area contributed by atoms with Crippen LogP contribution in [-0.4, -0.2) is 0 Å². The largest absolute Gasteiger partial charge is 0.455 e. The lowest BCUT2D eigenvalue weighted by Crippen LogP contribution is -1.93. The van der Waals surface area contributed by atoms with Gasteiger partial charge < -0.3 is 4.42 Å². The monoisotopic (exact) mass is 577 g/mol. The lowest BCUT2D eigenvalue weighted by molar-refractivity contribution is 0.670. The lowest BCUT2D eigenvalue weighted by atomic mass is 9.83. The highest BCUT2D eigenvalue weighted by atomic mass is 16.3. The van der Waals surface area contributed by atoms with Crippen molar-refractivity contribution < 1.29 is 11.3 Å². The fourth-order valence-corrected chi connectivity index (χ4v) is 6.84. The Morgan fingerprint density at radius 1 is 0.378 bits per heavy atom. The SMILES string of the molecule is [2H]c1ccc(-c2c([2H])c([2H])c([2H])c([2H])c2-c2c3ccccc3c(-c3ccc(-c4ccccc4)c4oc5ccccc5c34)c3ccccc23)cc1. The van der Waals surface area contributed by atoms with E-state index in [-0.39, 0.29) is 24.2 Å². The Morgan fingerprint density at radius 3 is 1.53 bits per heavy atom. The van der Waals surface area contributed by atoms with Gasteiger partial charge in [0.15, 0.2) is 0 Å². The summed E-state index contributed by atoms with van der Waals surface area (Å²) in [6, 6.07) is 45.3. The zero-order valence-electron chi connectivity index (χ0n) is 29.2. The Morgan fingerprint density at radius 2 is 0.867 bits per heavy atom. The van der Waals surface area contributed by atoms with Crippen molar-refractivity contribution in [3.63, 3.8) is 0 Å². The molecule has 1 aromatic heterocycles. The smallest absolute Gasteiger partial charge is 0.143 e. The molecule has 210 valence electrons. The van der Waals surface area contributed by atoms with Crippen LogP contribution >= 0.6 is 0 Å². The van der Waals surface area contributed by atoms with Gasteiger partial charge in [0, 0.05) is 16.3 Å². The van der Waals surface area contributed by atoms with E-state index < -0.39 is 0 Å². The molecule has 0 radical (unpaired) electrons. The first kappa shape index (κ1) is 20.9. The fraction of sp³-hybridized carbons (Fsp3) is 0. The molecule has 0 N–H and O–H groups in total. The van der Waals surface area contributed by atoms with Crippen molar-refractivity contribution in [3.05, 3.63) is 170 Å². The molecule has 1 nitrogen and oxygen atoms in total. The topological polar surface area (TPSA) is 13.1 Å². The highest BCUT2D eigenvalue weighted by molar-refractivity contribution is 6.27. The third-order valence-electron chi connectivity index (χ3n) is 8.76. The maximum atomic E-state index is 9.31. The van der Waals surface area contributed by atoms with E-state index in [2.05, 4.69) is 42.5 Å². The first-order valence-electron chi connectivity index (χ1n) is 17.5. The van der Waals surface area contributed by atoms with Crippen molar-refractivity contribution >= 4 is 43.5 Å². The van der Waals surface area contributed by atoms with E-state index in [9.17, 15) is 1.37 Å². The summed E-state index contributed by atoms with van der Waals surface area (Å²) in [7, 11) is 0. The number of rotatable bonds is 4. The fourth-order valence-electron chi connectivity index (χ4n) is 6.84. The van der Waals surface area contributed by atoms with Gasteiger partial charge in [-0.05, 0) is 72.6 Å². The summed E-state index contributed by atoms with van der Waals surface area (Å²) in [5, 5.41) is 5.70. The molecule has 0 saturated heterocycles. The Balaban J connectivity index is 1.45. The van der Waals surface area contributed by atoms with Crippen LogP contribution < -0.4 is 0 Å². The van der Waals surface area contributed by atoms with Crippen molar-refractivity contribution in [3.8, 4) is 44.5 Å². The molecular weight excluding hydrogens is 544 g/mol. The van der Waals surface area contributed by atoms with Gasteiger partial charge in [0.25, 0.3) is 0 Å². The van der Waals surface area contributed by atoms with Crippen molar-refractivity contribution in [2.75, 3.05) is 0 Å². The van der Waals surface area contributed by atoms with Gasteiger partial charge in [0.2, 0.25) is 0 Å². The normalized spacial score (nSPS) is 13.1. The molecule has 0 aliphatic rings. The molecule has 0 aliphatic carbocycles. The molecule has 0 bridgehead atoms. The van der Waals surface area contributed by atoms with E-state index in [1.165, 1.54) is 0 Å². The average Bonchev–Trinajstić information content (AvgIpc) is 3.55. The summed E-state index contributed by atoms with van der Waals surface area (Å²) < 4.78 is 50.5. The van der Waals surface area contributed by atoms with Gasteiger partial charge in [0.05, 0.1) is 6.85 Å². The molecule has 0 saturated carbocycles. The van der Waals surface area contributed by atoms with Crippen molar-refractivity contribution in [2.45, 2.75) is 0 Å². The minimum atomic E-state index is -0.290. The zero-order chi connectivity index (χ0) is 34.1. The third-order valence-corrected chi connectivity index (χ3v) is 8.76. The molecule has 0 amide bonds. The van der Waals surface area contributed by atoms with Crippen LogP contribution in [0.2, 0.25) is 0 Å². The molecule has 9 rings (SSSR count). The number of fused-ring (bicyclic) bond motifs is 5. The van der Waals surface area contributed by atoms with Gasteiger partial charge in [-0.15, -0.1) is 0 Å². The Hall–Kier alpha value is -5.92. The first-order chi connectivity index (χ1) is 24.4. The third kappa shape index (κ3) is 4.02. The van der Waals surface area contributed by atoms with Gasteiger partial charge >= 0.3 is 0 Å². The second kappa shape index (κ2) is 10.4. The summed E-state index contributed by atoms with van der Waals surface area (Å²) in [6.45, 7) is 0. The van der Waals surface area contributed by atoms with Crippen LogP contribution in [0.4, 0.5) is 0 Å². The molecule has 1 heteroatoms. The summed E-state index contributed by atoms with van der Waals surface area (Å²) in [5.41, 5.74) is 7.95. The van der Waals surface area contributed by atoms with E-state index in [0.717, 1.165) is 71.3 Å². The number of hydrogen-bond donors (Lipinski definition) is 0. The zero-order valence-corrected chi connectivity index (χ0v) is 24.2. The van der Waals surface area contributed by atoms with Crippen molar-refractivity contribution in [2.24, 2.45) is 0 Å². The molecule has 0 aliphatic heterocycles.